The molecule has 2 amide bonds. The Bertz CT molecular complexity index is 534. The van der Waals surface area contributed by atoms with Gasteiger partial charge >= 0.3 is 6.03 Å². The van der Waals surface area contributed by atoms with E-state index in [2.05, 4.69) is 40.7 Å². The van der Waals surface area contributed by atoms with Gasteiger partial charge in [0.25, 0.3) is 0 Å². The summed E-state index contributed by atoms with van der Waals surface area (Å²) >= 11 is 1.87. The molecule has 0 radical (unpaired) electrons. The quantitative estimate of drug-likeness (QED) is 0.886. The second-order valence-corrected chi connectivity index (χ2v) is 7.22. The summed E-state index contributed by atoms with van der Waals surface area (Å²) in [5.74, 6) is 1.05. The minimum absolute atomic E-state index is 0.0724. The molecule has 1 aromatic rings. The Kier molecular flexibility index (Phi) is 5.80. The minimum Gasteiger partial charge on any atom is -0.379 e. The van der Waals surface area contributed by atoms with Crippen LogP contribution in [0.2, 0.25) is 0 Å². The Morgan fingerprint density at radius 3 is 3.00 bits per heavy atom. The normalized spacial score (nSPS) is 22.9. The van der Waals surface area contributed by atoms with Crippen molar-refractivity contribution >= 4 is 17.8 Å². The Morgan fingerprint density at radius 1 is 1.39 bits per heavy atom. The summed E-state index contributed by atoms with van der Waals surface area (Å²) in [6.45, 7) is 6.27. The molecule has 1 aromatic carbocycles. The Labute approximate surface area is 142 Å². The molecule has 5 nitrogen and oxygen atoms in total. The van der Waals surface area contributed by atoms with Crippen molar-refractivity contribution in [2.45, 2.75) is 30.3 Å². The first-order valence-corrected chi connectivity index (χ1v) is 9.30. The standard InChI is InChI=1S/C17H25N3O2S/c1-13(20-7-9-22-10-8-20)12-18-17(21)19-15-6-11-23-16-5-3-2-4-14(15)16/h2-5,13,15H,6-12H2,1H3,(H2,18,19,21). The van der Waals surface area contributed by atoms with Crippen LogP contribution in [0.4, 0.5) is 4.79 Å². The lowest BCUT2D eigenvalue weighted by Gasteiger charge is -2.32. The number of thioether (sulfide) groups is 1. The van der Waals surface area contributed by atoms with E-state index in [9.17, 15) is 4.79 Å². The van der Waals surface area contributed by atoms with E-state index in [1.54, 1.807) is 0 Å². The number of ether oxygens (including phenoxy) is 1. The first-order chi connectivity index (χ1) is 11.2. The van der Waals surface area contributed by atoms with Crippen molar-refractivity contribution in [2.24, 2.45) is 0 Å². The third kappa shape index (κ3) is 4.40. The van der Waals surface area contributed by atoms with Crippen molar-refractivity contribution in [3.63, 3.8) is 0 Å². The highest BCUT2D eigenvalue weighted by atomic mass is 32.2. The fourth-order valence-electron chi connectivity index (χ4n) is 3.09. The lowest BCUT2D eigenvalue weighted by molar-refractivity contribution is 0.0209. The molecule has 0 aliphatic carbocycles. The molecular formula is C17H25N3O2S. The van der Waals surface area contributed by atoms with Gasteiger partial charge in [0.2, 0.25) is 0 Å². The van der Waals surface area contributed by atoms with Crippen LogP contribution in [0.15, 0.2) is 29.2 Å². The highest BCUT2D eigenvalue weighted by Gasteiger charge is 2.22. The molecule has 2 aliphatic rings. The van der Waals surface area contributed by atoms with Gasteiger partial charge in [-0.2, -0.15) is 0 Å². The molecule has 2 aliphatic heterocycles. The number of nitrogens with zero attached hydrogens (tertiary/aromatic N) is 1. The van der Waals surface area contributed by atoms with Crippen LogP contribution in [0.1, 0.15) is 24.9 Å². The summed E-state index contributed by atoms with van der Waals surface area (Å²) in [5, 5.41) is 6.15. The Hall–Kier alpha value is -1.24. The van der Waals surface area contributed by atoms with E-state index in [0.717, 1.165) is 38.5 Å². The molecule has 0 saturated carbocycles. The zero-order valence-electron chi connectivity index (χ0n) is 13.6. The van der Waals surface area contributed by atoms with Crippen molar-refractivity contribution in [1.29, 1.82) is 0 Å². The van der Waals surface area contributed by atoms with Gasteiger partial charge in [-0.3, -0.25) is 4.90 Å². The lowest BCUT2D eigenvalue weighted by Crippen LogP contribution is -2.49. The molecule has 6 heteroatoms. The maximum Gasteiger partial charge on any atom is 0.315 e. The maximum atomic E-state index is 12.2. The number of rotatable bonds is 4. The molecule has 3 rings (SSSR count). The summed E-state index contributed by atoms with van der Waals surface area (Å²) in [7, 11) is 0. The van der Waals surface area contributed by atoms with Crippen LogP contribution in [-0.2, 0) is 4.74 Å². The summed E-state index contributed by atoms with van der Waals surface area (Å²) in [6, 6.07) is 8.72. The minimum atomic E-state index is -0.0724. The SMILES string of the molecule is CC(CNC(=O)NC1CCSc2ccccc21)N1CCOCC1. The van der Waals surface area contributed by atoms with Gasteiger partial charge in [-0.15, -0.1) is 11.8 Å². The Balaban J connectivity index is 1.48. The zero-order valence-corrected chi connectivity index (χ0v) is 14.4. The summed E-state index contributed by atoms with van der Waals surface area (Å²) in [4.78, 5) is 15.9. The van der Waals surface area contributed by atoms with Crippen LogP contribution in [0.3, 0.4) is 0 Å². The second-order valence-electron chi connectivity index (χ2n) is 6.08. The van der Waals surface area contributed by atoms with E-state index < -0.39 is 0 Å². The van der Waals surface area contributed by atoms with E-state index in [1.807, 2.05) is 17.8 Å². The Morgan fingerprint density at radius 2 is 2.17 bits per heavy atom. The number of carbonyl (C=O) groups is 1. The maximum absolute atomic E-state index is 12.2. The van der Waals surface area contributed by atoms with Crippen molar-refractivity contribution in [3.05, 3.63) is 29.8 Å². The molecular weight excluding hydrogens is 310 g/mol. The monoisotopic (exact) mass is 335 g/mol. The van der Waals surface area contributed by atoms with E-state index in [1.165, 1.54) is 10.5 Å². The van der Waals surface area contributed by atoms with Gasteiger partial charge in [-0.05, 0) is 25.0 Å². The summed E-state index contributed by atoms with van der Waals surface area (Å²) in [6.07, 6.45) is 0.980. The highest BCUT2D eigenvalue weighted by molar-refractivity contribution is 7.99. The van der Waals surface area contributed by atoms with E-state index in [4.69, 9.17) is 4.74 Å². The average Bonchev–Trinajstić information content (AvgIpc) is 2.61. The van der Waals surface area contributed by atoms with E-state index in [-0.39, 0.29) is 12.1 Å². The van der Waals surface area contributed by atoms with Crippen LogP contribution in [0.5, 0.6) is 0 Å². The van der Waals surface area contributed by atoms with Crippen molar-refractivity contribution < 1.29 is 9.53 Å². The zero-order chi connectivity index (χ0) is 16.1. The highest BCUT2D eigenvalue weighted by Crippen LogP contribution is 2.35. The van der Waals surface area contributed by atoms with Crippen LogP contribution >= 0.6 is 11.8 Å². The number of nitrogens with one attached hydrogen (secondary N) is 2. The molecule has 2 atom stereocenters. The third-order valence-electron chi connectivity index (χ3n) is 4.49. The number of benzene rings is 1. The van der Waals surface area contributed by atoms with Crippen LogP contribution < -0.4 is 10.6 Å². The topological polar surface area (TPSA) is 53.6 Å². The third-order valence-corrected chi connectivity index (χ3v) is 5.61. The number of amides is 2. The largest absolute Gasteiger partial charge is 0.379 e. The number of carbonyl (C=O) groups excluding carboxylic acids is 1. The van der Waals surface area contributed by atoms with Crippen molar-refractivity contribution in [1.82, 2.24) is 15.5 Å². The number of hydrogen-bond acceptors (Lipinski definition) is 4. The van der Waals surface area contributed by atoms with Crippen molar-refractivity contribution in [3.8, 4) is 0 Å². The molecule has 2 unspecified atom stereocenters. The number of urea groups is 1. The van der Waals surface area contributed by atoms with Gasteiger partial charge in [0.05, 0.1) is 19.3 Å². The van der Waals surface area contributed by atoms with Gasteiger partial charge in [-0.25, -0.2) is 4.79 Å². The first-order valence-electron chi connectivity index (χ1n) is 8.32. The predicted octanol–water partition coefficient (Wildman–Crippen LogP) is 2.24. The molecule has 0 bridgehead atoms. The molecule has 0 spiro atoms. The number of fused-ring (bicyclic) bond motifs is 1. The van der Waals surface area contributed by atoms with Gasteiger partial charge in [0.15, 0.2) is 0 Å². The molecule has 1 fully saturated rings. The lowest BCUT2D eigenvalue weighted by atomic mass is 10.0. The van der Waals surface area contributed by atoms with Gasteiger partial charge in [0.1, 0.15) is 0 Å². The molecule has 2 heterocycles. The average molecular weight is 335 g/mol. The predicted molar refractivity (Wildman–Crippen MR) is 92.9 cm³/mol. The van der Waals surface area contributed by atoms with Crippen LogP contribution in [-0.4, -0.2) is 55.6 Å². The summed E-state index contributed by atoms with van der Waals surface area (Å²) in [5.41, 5.74) is 1.24. The molecule has 0 aromatic heterocycles. The summed E-state index contributed by atoms with van der Waals surface area (Å²) < 4.78 is 5.37. The fraction of sp³-hybridized carbons (Fsp3) is 0.588. The van der Waals surface area contributed by atoms with E-state index >= 15 is 0 Å². The molecule has 126 valence electrons. The van der Waals surface area contributed by atoms with Crippen LogP contribution in [0.25, 0.3) is 0 Å². The number of hydrogen-bond donors (Lipinski definition) is 2. The van der Waals surface area contributed by atoms with Crippen molar-refractivity contribution in [2.75, 3.05) is 38.6 Å². The van der Waals surface area contributed by atoms with Gasteiger partial charge in [-0.1, -0.05) is 18.2 Å². The molecule has 23 heavy (non-hydrogen) atoms. The molecule has 1 saturated heterocycles. The fourth-order valence-corrected chi connectivity index (χ4v) is 4.21. The van der Waals surface area contributed by atoms with E-state index in [0.29, 0.717) is 12.6 Å². The second kappa shape index (κ2) is 8.04. The smallest absolute Gasteiger partial charge is 0.315 e. The number of morpholine rings is 1. The van der Waals surface area contributed by atoms with Gasteiger partial charge in [0, 0.05) is 36.3 Å². The van der Waals surface area contributed by atoms with Crippen LogP contribution in [0, 0.1) is 0 Å². The molecule has 2 N–H and O–H groups in total. The first kappa shape index (κ1) is 16.6. The van der Waals surface area contributed by atoms with Gasteiger partial charge < -0.3 is 15.4 Å².